The molecule has 0 spiro atoms. The fourth-order valence-electron chi connectivity index (χ4n) is 5.08. The van der Waals surface area contributed by atoms with Crippen molar-refractivity contribution < 1.29 is 13.9 Å². The predicted molar refractivity (Wildman–Crippen MR) is 154 cm³/mol. The average Bonchev–Trinajstić information content (AvgIpc) is 2.95. The minimum Gasteiger partial charge on any atom is -0.395 e. The molecule has 0 radical (unpaired) electrons. The molecule has 3 aromatic rings. The first-order valence-electron chi connectivity index (χ1n) is 13.0. The normalized spacial score (nSPS) is 17.1. The molecule has 1 aromatic heterocycles. The Bertz CT molecular complexity index is 1380. The van der Waals surface area contributed by atoms with Gasteiger partial charge in [0.15, 0.2) is 0 Å². The molecular weight excluding hydrogens is 494 g/mol. The summed E-state index contributed by atoms with van der Waals surface area (Å²) in [4.78, 5) is 4.59. The number of allylic oxidation sites excluding steroid dienone is 3. The number of aryl methyl sites for hydroxylation is 1. The predicted octanol–water partition coefficient (Wildman–Crippen LogP) is 6.23. The summed E-state index contributed by atoms with van der Waals surface area (Å²) in [5, 5.41) is 24.2. The zero-order valence-corrected chi connectivity index (χ0v) is 22.1. The van der Waals surface area contributed by atoms with Gasteiger partial charge in [0.25, 0.3) is 0 Å². The molecular formula is C32H34F2N4O. The molecule has 5 nitrogen and oxygen atoms in total. The highest BCUT2D eigenvalue weighted by Crippen LogP contribution is 2.51. The summed E-state index contributed by atoms with van der Waals surface area (Å²) < 4.78 is 28.2. The average molecular weight is 529 g/mol. The number of aliphatic hydroxyl groups excluding tert-OH is 1. The molecule has 1 atom stereocenters. The van der Waals surface area contributed by atoms with Gasteiger partial charge in [0, 0.05) is 35.8 Å². The van der Waals surface area contributed by atoms with Crippen LogP contribution in [-0.4, -0.2) is 36.0 Å². The minimum absolute atomic E-state index is 0.0305. The van der Waals surface area contributed by atoms with Gasteiger partial charge >= 0.3 is 0 Å². The second kappa shape index (κ2) is 12.7. The molecule has 1 aliphatic carbocycles. The first kappa shape index (κ1) is 28.1. The van der Waals surface area contributed by atoms with Crippen molar-refractivity contribution in [3.05, 3.63) is 125 Å². The van der Waals surface area contributed by atoms with E-state index in [9.17, 15) is 13.9 Å². The highest BCUT2D eigenvalue weighted by atomic mass is 19.1. The summed E-state index contributed by atoms with van der Waals surface area (Å²) >= 11 is 0. The van der Waals surface area contributed by atoms with E-state index in [4.69, 9.17) is 5.41 Å². The van der Waals surface area contributed by atoms with E-state index in [0.29, 0.717) is 43.6 Å². The van der Waals surface area contributed by atoms with Crippen molar-refractivity contribution in [3.8, 4) is 0 Å². The molecule has 0 amide bonds. The van der Waals surface area contributed by atoms with Crippen molar-refractivity contribution in [1.82, 2.24) is 10.3 Å². The molecule has 39 heavy (non-hydrogen) atoms. The molecule has 1 heterocycles. The molecule has 202 valence electrons. The Kier molecular flexibility index (Phi) is 9.17. The number of aliphatic hydroxyl groups is 1. The van der Waals surface area contributed by atoms with Crippen molar-refractivity contribution in [2.75, 3.05) is 25.0 Å². The van der Waals surface area contributed by atoms with E-state index in [1.807, 2.05) is 30.3 Å². The van der Waals surface area contributed by atoms with Crippen LogP contribution in [0.3, 0.4) is 0 Å². The Morgan fingerprint density at radius 1 is 1.13 bits per heavy atom. The molecule has 0 saturated heterocycles. The number of nitrogens with one attached hydrogen (secondary N) is 3. The first-order chi connectivity index (χ1) is 18.9. The number of anilines is 1. The summed E-state index contributed by atoms with van der Waals surface area (Å²) in [6, 6.07) is 17.1. The fourth-order valence-corrected chi connectivity index (χ4v) is 5.08. The van der Waals surface area contributed by atoms with Crippen LogP contribution in [-0.2, 0) is 6.42 Å². The molecule has 0 saturated carbocycles. The van der Waals surface area contributed by atoms with E-state index in [1.54, 1.807) is 37.4 Å². The summed E-state index contributed by atoms with van der Waals surface area (Å²) in [5.41, 5.74) is 5.48. The number of hydrogen-bond donors (Lipinski definition) is 4. The van der Waals surface area contributed by atoms with Gasteiger partial charge in [-0.3, -0.25) is 4.98 Å². The molecule has 2 aromatic carbocycles. The molecule has 1 unspecified atom stereocenters. The lowest BCUT2D eigenvalue weighted by Crippen LogP contribution is -2.34. The molecule has 4 N–H and O–H groups in total. The number of rotatable bonds is 12. The number of aromatic nitrogens is 1. The lowest BCUT2D eigenvalue weighted by Gasteiger charge is -2.42. The highest BCUT2D eigenvalue weighted by molar-refractivity contribution is 5.84. The van der Waals surface area contributed by atoms with Gasteiger partial charge in [-0.05, 0) is 104 Å². The minimum atomic E-state index is -0.683. The SMILES string of the molecule is C=C(c1ccccn1)C1(Cc2ccc(C)c(F)c2)CC(C=N)=C(Nc2ccc(F)cc2)C=C1CCNCCO. The van der Waals surface area contributed by atoms with Gasteiger partial charge in [-0.15, -0.1) is 0 Å². The second-order valence-electron chi connectivity index (χ2n) is 9.82. The second-order valence-corrected chi connectivity index (χ2v) is 9.82. The molecule has 0 fully saturated rings. The highest BCUT2D eigenvalue weighted by Gasteiger charge is 2.41. The van der Waals surface area contributed by atoms with E-state index >= 15 is 0 Å². The van der Waals surface area contributed by atoms with Crippen molar-refractivity contribution in [2.45, 2.75) is 26.2 Å². The summed E-state index contributed by atoms with van der Waals surface area (Å²) in [6.07, 6.45) is 6.62. The molecule has 1 aliphatic rings. The van der Waals surface area contributed by atoms with E-state index in [-0.39, 0.29) is 18.2 Å². The monoisotopic (exact) mass is 528 g/mol. The van der Waals surface area contributed by atoms with Gasteiger partial charge in [0.05, 0.1) is 12.3 Å². The number of pyridine rings is 1. The molecule has 0 aliphatic heterocycles. The van der Waals surface area contributed by atoms with Gasteiger partial charge in [-0.25, -0.2) is 8.78 Å². The maximum absolute atomic E-state index is 14.7. The summed E-state index contributed by atoms with van der Waals surface area (Å²) in [5.74, 6) is -0.591. The number of halogens is 2. The van der Waals surface area contributed by atoms with Gasteiger partial charge in [0.1, 0.15) is 11.6 Å². The largest absolute Gasteiger partial charge is 0.395 e. The smallest absolute Gasteiger partial charge is 0.126 e. The van der Waals surface area contributed by atoms with Crippen LogP contribution >= 0.6 is 0 Å². The van der Waals surface area contributed by atoms with Crippen LogP contribution in [0.15, 0.2) is 96.4 Å². The number of benzene rings is 2. The molecule has 7 heteroatoms. The van der Waals surface area contributed by atoms with Crippen LogP contribution in [0.5, 0.6) is 0 Å². The van der Waals surface area contributed by atoms with Crippen molar-refractivity contribution in [3.63, 3.8) is 0 Å². The molecule has 4 rings (SSSR count). The van der Waals surface area contributed by atoms with E-state index in [2.05, 4.69) is 22.2 Å². The fraction of sp³-hybridized carbons (Fsp3) is 0.250. The van der Waals surface area contributed by atoms with Crippen LogP contribution in [0.1, 0.15) is 29.7 Å². The van der Waals surface area contributed by atoms with Crippen molar-refractivity contribution in [2.24, 2.45) is 5.41 Å². The van der Waals surface area contributed by atoms with E-state index in [0.717, 1.165) is 33.7 Å². The Morgan fingerprint density at radius 3 is 2.59 bits per heavy atom. The quantitative estimate of drug-likeness (QED) is 0.166. The Morgan fingerprint density at radius 2 is 1.92 bits per heavy atom. The summed E-state index contributed by atoms with van der Waals surface area (Å²) in [7, 11) is 0. The standard InChI is InChI=1S/C32H34F2N4O/c1-22-6-7-24(17-29(22)34)19-32(23(2)30-5-3-4-13-37-30)20-25(21-35)31(18-26(32)12-14-36-15-16-39)38-28-10-8-27(33)9-11-28/h3-11,13,17-18,21,35-36,38-39H,2,12,14-16,19-20H2,1H3. The van der Waals surface area contributed by atoms with Crippen molar-refractivity contribution in [1.29, 1.82) is 5.41 Å². The van der Waals surface area contributed by atoms with Gasteiger partial charge in [-0.2, -0.15) is 0 Å². The van der Waals surface area contributed by atoms with Crippen LogP contribution in [0.4, 0.5) is 14.5 Å². The maximum atomic E-state index is 14.7. The Hall–Kier alpha value is -3.94. The first-order valence-corrected chi connectivity index (χ1v) is 13.0. The Labute approximate surface area is 228 Å². The van der Waals surface area contributed by atoms with Gasteiger partial charge in [-0.1, -0.05) is 30.4 Å². The van der Waals surface area contributed by atoms with Gasteiger partial charge in [0.2, 0.25) is 0 Å². The zero-order chi connectivity index (χ0) is 27.8. The maximum Gasteiger partial charge on any atom is 0.126 e. The topological polar surface area (TPSA) is 81.0 Å². The van der Waals surface area contributed by atoms with E-state index < -0.39 is 5.41 Å². The number of hydrogen-bond acceptors (Lipinski definition) is 5. The number of nitrogens with zero attached hydrogens (tertiary/aromatic N) is 1. The van der Waals surface area contributed by atoms with Crippen LogP contribution in [0.2, 0.25) is 0 Å². The third-order valence-electron chi connectivity index (χ3n) is 7.22. The zero-order valence-electron chi connectivity index (χ0n) is 22.1. The third-order valence-corrected chi connectivity index (χ3v) is 7.22. The van der Waals surface area contributed by atoms with Crippen LogP contribution in [0.25, 0.3) is 5.57 Å². The summed E-state index contributed by atoms with van der Waals surface area (Å²) in [6.45, 7) is 7.36. The lowest BCUT2D eigenvalue weighted by atomic mass is 9.62. The Balaban J connectivity index is 1.83. The van der Waals surface area contributed by atoms with Crippen molar-refractivity contribution >= 4 is 17.5 Å². The van der Waals surface area contributed by atoms with Crippen LogP contribution < -0.4 is 10.6 Å². The third kappa shape index (κ3) is 6.56. The van der Waals surface area contributed by atoms with Crippen LogP contribution in [0, 0.1) is 29.4 Å². The molecule has 0 bridgehead atoms. The lowest BCUT2D eigenvalue weighted by molar-refractivity contribution is 0.292. The van der Waals surface area contributed by atoms with Gasteiger partial charge < -0.3 is 21.1 Å². The van der Waals surface area contributed by atoms with E-state index in [1.165, 1.54) is 18.3 Å².